The van der Waals surface area contributed by atoms with Crippen LogP contribution in [0.4, 0.5) is 0 Å². The van der Waals surface area contributed by atoms with Gasteiger partial charge < -0.3 is 19.1 Å². The van der Waals surface area contributed by atoms with E-state index in [-0.39, 0.29) is 0 Å². The van der Waals surface area contributed by atoms with Crippen molar-refractivity contribution >= 4 is 0 Å². The maximum Gasteiger partial charge on any atom is 0.138 e. The number of benzene rings is 1. The molecule has 1 aromatic carbocycles. The number of aryl methyl sites for hydroxylation is 2. The van der Waals surface area contributed by atoms with Gasteiger partial charge in [0.1, 0.15) is 17.3 Å². The van der Waals surface area contributed by atoms with E-state index in [1.165, 1.54) is 0 Å². The molecule has 1 aromatic heterocycles. The fourth-order valence-electron chi connectivity index (χ4n) is 3.40. The molecule has 1 aliphatic heterocycles. The lowest BCUT2D eigenvalue weighted by Crippen LogP contribution is -2.42. The molecule has 0 amide bonds. The predicted molar refractivity (Wildman–Crippen MR) is 93.9 cm³/mol. The van der Waals surface area contributed by atoms with Gasteiger partial charge in [0.2, 0.25) is 0 Å². The van der Waals surface area contributed by atoms with Gasteiger partial charge in [-0.1, -0.05) is 5.16 Å². The number of piperidine rings is 1. The summed E-state index contributed by atoms with van der Waals surface area (Å²) < 4.78 is 15.9. The highest BCUT2D eigenvalue weighted by molar-refractivity contribution is 5.41. The third-order valence-electron chi connectivity index (χ3n) is 5.13. The van der Waals surface area contributed by atoms with Crippen molar-refractivity contribution in [2.75, 3.05) is 27.3 Å². The van der Waals surface area contributed by atoms with E-state index < -0.39 is 5.60 Å². The number of aromatic nitrogens is 1. The van der Waals surface area contributed by atoms with E-state index in [4.69, 9.17) is 14.0 Å². The number of hydrogen-bond donors (Lipinski definition) is 1. The Morgan fingerprint density at radius 3 is 2.20 bits per heavy atom. The molecule has 0 bridgehead atoms. The molecule has 25 heavy (non-hydrogen) atoms. The highest BCUT2D eigenvalue weighted by Gasteiger charge is 2.35. The van der Waals surface area contributed by atoms with E-state index >= 15 is 0 Å². The van der Waals surface area contributed by atoms with Crippen LogP contribution in [0.3, 0.4) is 0 Å². The van der Waals surface area contributed by atoms with Crippen molar-refractivity contribution in [1.82, 2.24) is 10.1 Å². The van der Waals surface area contributed by atoms with Crippen LogP contribution in [-0.2, 0) is 12.1 Å². The summed E-state index contributed by atoms with van der Waals surface area (Å²) in [5.41, 5.74) is 2.07. The number of methoxy groups -OCH3 is 2. The third kappa shape index (κ3) is 3.65. The lowest BCUT2D eigenvalue weighted by molar-refractivity contribution is -0.0280. The normalized spacial score (nSPS) is 17.5. The zero-order valence-electron chi connectivity index (χ0n) is 15.3. The zero-order valence-corrected chi connectivity index (χ0v) is 15.3. The predicted octanol–water partition coefficient (Wildman–Crippen LogP) is 2.79. The average Bonchev–Trinajstić information content (AvgIpc) is 2.95. The van der Waals surface area contributed by atoms with Crippen LogP contribution in [0.15, 0.2) is 22.7 Å². The van der Waals surface area contributed by atoms with Crippen LogP contribution in [0.2, 0.25) is 0 Å². The maximum atomic E-state index is 11.2. The Morgan fingerprint density at radius 2 is 1.72 bits per heavy atom. The molecule has 3 rings (SSSR count). The zero-order chi connectivity index (χ0) is 18.0. The second-order valence-electron chi connectivity index (χ2n) is 6.71. The van der Waals surface area contributed by atoms with Gasteiger partial charge in [-0.05, 0) is 44.4 Å². The summed E-state index contributed by atoms with van der Waals surface area (Å²) in [6.45, 7) is 6.33. The second kappa shape index (κ2) is 7.06. The van der Waals surface area contributed by atoms with Gasteiger partial charge in [0.05, 0.1) is 25.5 Å². The lowest BCUT2D eigenvalue weighted by Gasteiger charge is -2.38. The first-order valence-electron chi connectivity index (χ1n) is 8.55. The monoisotopic (exact) mass is 346 g/mol. The number of ether oxygens (including phenoxy) is 2. The summed E-state index contributed by atoms with van der Waals surface area (Å²) in [4.78, 5) is 2.33. The van der Waals surface area contributed by atoms with Crippen molar-refractivity contribution in [3.05, 3.63) is 40.8 Å². The molecule has 0 atom stereocenters. The second-order valence-corrected chi connectivity index (χ2v) is 6.71. The molecule has 136 valence electrons. The van der Waals surface area contributed by atoms with Crippen LogP contribution in [0.25, 0.3) is 0 Å². The van der Waals surface area contributed by atoms with Crippen molar-refractivity contribution in [2.45, 2.75) is 38.8 Å². The van der Waals surface area contributed by atoms with Gasteiger partial charge in [-0.2, -0.15) is 0 Å². The topological polar surface area (TPSA) is 68.0 Å². The Labute approximate surface area is 148 Å². The Bertz CT molecular complexity index is 691. The molecule has 1 N–H and O–H groups in total. The molecule has 0 spiro atoms. The summed E-state index contributed by atoms with van der Waals surface area (Å²) in [6, 6.07) is 5.61. The number of rotatable bonds is 5. The summed E-state index contributed by atoms with van der Waals surface area (Å²) in [5.74, 6) is 2.26. The SMILES string of the molecule is COc1cc(OC)cc(C2(O)CCN(Cc3c(C)noc3C)CC2)c1. The molecule has 6 nitrogen and oxygen atoms in total. The fraction of sp³-hybridized carbons (Fsp3) is 0.526. The van der Waals surface area contributed by atoms with Gasteiger partial charge in [-0.25, -0.2) is 0 Å². The minimum Gasteiger partial charge on any atom is -0.497 e. The molecule has 1 saturated heterocycles. The molecule has 0 radical (unpaired) electrons. The standard InChI is InChI=1S/C19H26N2O4/c1-13-18(14(2)25-20-13)12-21-7-5-19(22,6-8-21)15-9-16(23-3)11-17(10-15)24-4/h9-11,22H,5-8,12H2,1-4H3. The quantitative estimate of drug-likeness (QED) is 0.898. The van der Waals surface area contributed by atoms with Crippen LogP contribution < -0.4 is 9.47 Å². The van der Waals surface area contributed by atoms with E-state index in [0.717, 1.165) is 42.2 Å². The molecule has 0 unspecified atom stereocenters. The molecule has 2 aromatic rings. The van der Waals surface area contributed by atoms with E-state index in [2.05, 4.69) is 10.1 Å². The van der Waals surface area contributed by atoms with E-state index in [1.807, 2.05) is 32.0 Å². The fourth-order valence-corrected chi connectivity index (χ4v) is 3.40. The molecule has 1 fully saturated rings. The molecule has 2 heterocycles. The highest BCUT2D eigenvalue weighted by atomic mass is 16.5. The van der Waals surface area contributed by atoms with Gasteiger partial charge in [0.15, 0.2) is 0 Å². The van der Waals surface area contributed by atoms with Crippen molar-refractivity contribution < 1.29 is 19.1 Å². The molecule has 0 saturated carbocycles. The van der Waals surface area contributed by atoms with Crippen molar-refractivity contribution in [3.8, 4) is 11.5 Å². The van der Waals surface area contributed by atoms with Crippen molar-refractivity contribution in [3.63, 3.8) is 0 Å². The largest absolute Gasteiger partial charge is 0.497 e. The van der Waals surface area contributed by atoms with Crippen molar-refractivity contribution in [2.24, 2.45) is 0 Å². The Kier molecular flexibility index (Phi) is 5.01. The van der Waals surface area contributed by atoms with Crippen molar-refractivity contribution in [1.29, 1.82) is 0 Å². The number of nitrogens with zero attached hydrogens (tertiary/aromatic N) is 2. The van der Waals surface area contributed by atoms with Gasteiger partial charge in [0, 0.05) is 31.3 Å². The van der Waals surface area contributed by atoms with Gasteiger partial charge in [0.25, 0.3) is 0 Å². The van der Waals surface area contributed by atoms with E-state index in [0.29, 0.717) is 24.3 Å². The molecule has 0 aliphatic carbocycles. The third-order valence-corrected chi connectivity index (χ3v) is 5.13. The van der Waals surface area contributed by atoms with Crippen LogP contribution in [0.1, 0.15) is 35.4 Å². The molecule has 1 aliphatic rings. The van der Waals surface area contributed by atoms with Gasteiger partial charge in [-0.15, -0.1) is 0 Å². The highest BCUT2D eigenvalue weighted by Crippen LogP contribution is 2.37. The first kappa shape index (κ1) is 17.8. The summed E-state index contributed by atoms with van der Waals surface area (Å²) >= 11 is 0. The maximum absolute atomic E-state index is 11.2. The number of aliphatic hydroxyl groups is 1. The van der Waals surface area contributed by atoms with E-state index in [1.54, 1.807) is 14.2 Å². The summed E-state index contributed by atoms with van der Waals surface area (Å²) in [7, 11) is 3.24. The van der Waals surface area contributed by atoms with Gasteiger partial charge >= 0.3 is 0 Å². The first-order valence-corrected chi connectivity index (χ1v) is 8.55. The first-order chi connectivity index (χ1) is 11.9. The van der Waals surface area contributed by atoms with Crippen LogP contribution in [0, 0.1) is 13.8 Å². The Balaban J connectivity index is 1.72. The molecular weight excluding hydrogens is 320 g/mol. The summed E-state index contributed by atoms with van der Waals surface area (Å²) in [5, 5.41) is 15.2. The Hall–Kier alpha value is -2.05. The smallest absolute Gasteiger partial charge is 0.138 e. The number of likely N-dealkylation sites (tertiary alicyclic amines) is 1. The van der Waals surface area contributed by atoms with Gasteiger partial charge in [-0.3, -0.25) is 4.90 Å². The number of hydrogen-bond acceptors (Lipinski definition) is 6. The average molecular weight is 346 g/mol. The lowest BCUT2D eigenvalue weighted by atomic mass is 9.84. The van der Waals surface area contributed by atoms with Crippen LogP contribution in [-0.4, -0.2) is 42.5 Å². The molecular formula is C19H26N2O4. The molecule has 6 heteroatoms. The summed E-state index contributed by atoms with van der Waals surface area (Å²) in [6.07, 6.45) is 1.32. The minimum absolute atomic E-state index is 0.659. The minimum atomic E-state index is -0.864. The van der Waals surface area contributed by atoms with E-state index in [9.17, 15) is 5.11 Å². The van der Waals surface area contributed by atoms with Crippen LogP contribution in [0.5, 0.6) is 11.5 Å². The Morgan fingerprint density at radius 1 is 1.12 bits per heavy atom. The van der Waals surface area contributed by atoms with Crippen LogP contribution >= 0.6 is 0 Å².